The van der Waals surface area contributed by atoms with Gasteiger partial charge in [0, 0.05) is 18.5 Å². The Kier molecular flexibility index (Phi) is 7.60. The third kappa shape index (κ3) is 4.82. The van der Waals surface area contributed by atoms with Gasteiger partial charge in [0.15, 0.2) is 5.13 Å². The third-order valence-electron chi connectivity index (χ3n) is 5.22. The molecule has 0 aliphatic rings. The summed E-state index contributed by atoms with van der Waals surface area (Å²) in [4.78, 5) is 34.3. The molecule has 0 radical (unpaired) electrons. The van der Waals surface area contributed by atoms with E-state index in [2.05, 4.69) is 9.88 Å². The average Bonchev–Trinajstić information content (AvgIpc) is 3.18. The number of amides is 1. The van der Waals surface area contributed by atoms with E-state index in [-0.39, 0.29) is 23.8 Å². The summed E-state index contributed by atoms with van der Waals surface area (Å²) in [6.07, 6.45) is 0. The Morgan fingerprint density at radius 1 is 1.09 bits per heavy atom. The molecule has 32 heavy (non-hydrogen) atoms. The molecule has 6 nitrogen and oxygen atoms in total. The van der Waals surface area contributed by atoms with E-state index in [9.17, 15) is 14.0 Å². The molecule has 9 heteroatoms. The van der Waals surface area contributed by atoms with E-state index >= 15 is 0 Å². The largest absolute Gasteiger partial charge is 0.422 e. The number of aromatic nitrogens is 1. The maximum absolute atomic E-state index is 13.7. The van der Waals surface area contributed by atoms with E-state index in [1.165, 1.54) is 28.4 Å². The first-order chi connectivity index (χ1) is 15.0. The fourth-order valence-corrected chi connectivity index (χ4v) is 4.44. The summed E-state index contributed by atoms with van der Waals surface area (Å²) in [6.45, 7) is 6.72. The first-order valence-corrected chi connectivity index (χ1v) is 10.9. The molecule has 0 spiro atoms. The van der Waals surface area contributed by atoms with E-state index < -0.39 is 11.5 Å². The molecule has 2 heterocycles. The first kappa shape index (κ1) is 23.8. The fourth-order valence-electron chi connectivity index (χ4n) is 3.42. The van der Waals surface area contributed by atoms with Crippen LogP contribution in [0.25, 0.3) is 21.2 Å². The number of rotatable bonds is 7. The van der Waals surface area contributed by atoms with E-state index in [0.29, 0.717) is 39.4 Å². The van der Waals surface area contributed by atoms with Gasteiger partial charge in [0.1, 0.15) is 17.0 Å². The Bertz CT molecular complexity index is 1300. The number of likely N-dealkylation sites (N-methyl/N-ethyl adjacent to an activating group) is 1. The molecule has 0 atom stereocenters. The standard InChI is InChI=1S/C23H22FN3O3S.ClH/c1-3-26(4-2)11-12-27(23-25-18-10-9-16(24)14-20(18)31-23)21(28)17-13-15-7-5-6-8-19(15)30-22(17)29;/h5-10,13-14H,3-4,11-12H2,1-2H3;1H. The van der Waals surface area contributed by atoms with Gasteiger partial charge in [0.2, 0.25) is 0 Å². The molecule has 2 aromatic carbocycles. The predicted molar refractivity (Wildman–Crippen MR) is 129 cm³/mol. The zero-order valence-electron chi connectivity index (χ0n) is 17.7. The van der Waals surface area contributed by atoms with Crippen molar-refractivity contribution in [2.45, 2.75) is 13.8 Å². The molecule has 168 valence electrons. The van der Waals surface area contributed by atoms with Crippen LogP contribution in [-0.4, -0.2) is 42.0 Å². The summed E-state index contributed by atoms with van der Waals surface area (Å²) < 4.78 is 19.7. The van der Waals surface area contributed by atoms with Gasteiger partial charge in [0.05, 0.1) is 10.2 Å². The van der Waals surface area contributed by atoms with Crippen LogP contribution in [0.1, 0.15) is 24.2 Å². The van der Waals surface area contributed by atoms with Gasteiger partial charge in [-0.2, -0.15) is 0 Å². The zero-order valence-corrected chi connectivity index (χ0v) is 19.3. The molecule has 4 aromatic rings. The number of halogens is 2. The van der Waals surface area contributed by atoms with Crippen LogP contribution in [0.2, 0.25) is 0 Å². The Balaban J connectivity index is 0.00000289. The minimum absolute atomic E-state index is 0. The lowest BCUT2D eigenvalue weighted by Crippen LogP contribution is -2.40. The van der Waals surface area contributed by atoms with Crippen LogP contribution >= 0.6 is 23.7 Å². The van der Waals surface area contributed by atoms with E-state index in [4.69, 9.17) is 4.42 Å². The molecule has 0 N–H and O–H groups in total. The van der Waals surface area contributed by atoms with Gasteiger partial charge >= 0.3 is 5.63 Å². The average molecular weight is 476 g/mol. The first-order valence-electron chi connectivity index (χ1n) is 10.1. The number of carbonyl (C=O) groups excluding carboxylic acids is 1. The highest BCUT2D eigenvalue weighted by Gasteiger charge is 2.25. The van der Waals surface area contributed by atoms with Crippen molar-refractivity contribution in [3.05, 3.63) is 70.3 Å². The predicted octanol–water partition coefficient (Wildman–Crippen LogP) is 4.95. The summed E-state index contributed by atoms with van der Waals surface area (Å²) in [7, 11) is 0. The molecule has 1 amide bonds. The monoisotopic (exact) mass is 475 g/mol. The van der Waals surface area contributed by atoms with Crippen LogP contribution in [-0.2, 0) is 0 Å². The number of fused-ring (bicyclic) bond motifs is 2. The van der Waals surface area contributed by atoms with Crippen molar-refractivity contribution in [1.29, 1.82) is 0 Å². The van der Waals surface area contributed by atoms with Crippen molar-refractivity contribution in [2.24, 2.45) is 0 Å². The number of para-hydroxylation sites is 1. The van der Waals surface area contributed by atoms with Gasteiger partial charge in [-0.05, 0) is 43.4 Å². The van der Waals surface area contributed by atoms with Crippen LogP contribution in [0.4, 0.5) is 9.52 Å². The molecular weight excluding hydrogens is 453 g/mol. The van der Waals surface area contributed by atoms with Crippen LogP contribution in [0.5, 0.6) is 0 Å². The van der Waals surface area contributed by atoms with Gasteiger partial charge in [-0.25, -0.2) is 14.2 Å². The Morgan fingerprint density at radius 2 is 1.84 bits per heavy atom. The quantitative estimate of drug-likeness (QED) is 0.354. The fraction of sp³-hybridized carbons (Fsp3) is 0.261. The summed E-state index contributed by atoms with van der Waals surface area (Å²) in [5, 5.41) is 1.09. The summed E-state index contributed by atoms with van der Waals surface area (Å²) in [5.74, 6) is -0.843. The van der Waals surface area contributed by atoms with Gasteiger partial charge in [-0.3, -0.25) is 9.69 Å². The van der Waals surface area contributed by atoms with Gasteiger partial charge in [-0.1, -0.05) is 43.4 Å². The second kappa shape index (κ2) is 10.2. The number of hydrogen-bond donors (Lipinski definition) is 0. The lowest BCUT2D eigenvalue weighted by Gasteiger charge is -2.24. The highest BCUT2D eigenvalue weighted by molar-refractivity contribution is 7.22. The van der Waals surface area contributed by atoms with Crippen molar-refractivity contribution in [3.8, 4) is 0 Å². The number of hydrogen-bond acceptors (Lipinski definition) is 6. The third-order valence-corrected chi connectivity index (χ3v) is 6.26. The van der Waals surface area contributed by atoms with E-state index in [0.717, 1.165) is 13.1 Å². The van der Waals surface area contributed by atoms with Crippen molar-refractivity contribution in [3.63, 3.8) is 0 Å². The molecule has 0 aliphatic carbocycles. The van der Waals surface area contributed by atoms with Crippen LogP contribution < -0.4 is 10.5 Å². The molecule has 0 aliphatic heterocycles. The highest BCUT2D eigenvalue weighted by atomic mass is 35.5. The van der Waals surface area contributed by atoms with Gasteiger partial charge in [0.25, 0.3) is 5.91 Å². The molecule has 0 fully saturated rings. The zero-order chi connectivity index (χ0) is 22.0. The number of benzene rings is 2. The SMILES string of the molecule is CCN(CC)CCN(C(=O)c1cc2ccccc2oc1=O)c1nc2ccc(F)cc2s1.Cl. The molecule has 0 unspecified atom stereocenters. The number of nitrogens with zero attached hydrogens (tertiary/aromatic N) is 3. The summed E-state index contributed by atoms with van der Waals surface area (Å²) in [6, 6.07) is 12.9. The minimum atomic E-state index is -0.691. The van der Waals surface area contributed by atoms with Crippen molar-refractivity contribution < 1.29 is 13.6 Å². The van der Waals surface area contributed by atoms with Crippen LogP contribution in [0.15, 0.2) is 57.7 Å². The summed E-state index contributed by atoms with van der Waals surface area (Å²) in [5.41, 5.74) is 0.286. The van der Waals surface area contributed by atoms with Gasteiger partial charge < -0.3 is 9.32 Å². The smallest absolute Gasteiger partial charge is 0.349 e. The molecule has 0 saturated heterocycles. The van der Waals surface area contributed by atoms with Crippen molar-refractivity contribution in [1.82, 2.24) is 9.88 Å². The van der Waals surface area contributed by atoms with Crippen molar-refractivity contribution in [2.75, 3.05) is 31.1 Å². The lowest BCUT2D eigenvalue weighted by molar-refractivity contribution is 0.0980. The lowest BCUT2D eigenvalue weighted by atomic mass is 10.1. The summed E-state index contributed by atoms with van der Waals surface area (Å²) >= 11 is 1.22. The molecule has 0 saturated carbocycles. The topological polar surface area (TPSA) is 66.7 Å². The Morgan fingerprint density at radius 3 is 2.59 bits per heavy atom. The number of anilines is 1. The minimum Gasteiger partial charge on any atom is -0.422 e. The normalized spacial score (nSPS) is 11.1. The van der Waals surface area contributed by atoms with Crippen LogP contribution in [0, 0.1) is 5.82 Å². The second-order valence-electron chi connectivity index (χ2n) is 7.08. The van der Waals surface area contributed by atoms with E-state index in [1.807, 2.05) is 19.9 Å². The van der Waals surface area contributed by atoms with Crippen LogP contribution in [0.3, 0.4) is 0 Å². The molecule has 0 bridgehead atoms. The second-order valence-corrected chi connectivity index (χ2v) is 8.09. The maximum Gasteiger partial charge on any atom is 0.349 e. The highest BCUT2D eigenvalue weighted by Crippen LogP contribution is 2.30. The molecule has 2 aromatic heterocycles. The van der Waals surface area contributed by atoms with E-state index in [1.54, 1.807) is 30.3 Å². The number of carbonyl (C=O) groups is 1. The Hall–Kier alpha value is -2.81. The molecule has 4 rings (SSSR count). The maximum atomic E-state index is 13.7. The van der Waals surface area contributed by atoms with Crippen molar-refractivity contribution >= 4 is 56.0 Å². The molecular formula is C23H23ClFN3O3S. The van der Waals surface area contributed by atoms with Gasteiger partial charge in [-0.15, -0.1) is 12.4 Å². The Labute approximate surface area is 194 Å². The number of thiazole rings is 1.